The van der Waals surface area contributed by atoms with Crippen molar-refractivity contribution in [2.75, 3.05) is 4.90 Å². The molecule has 1 aromatic heterocycles. The lowest BCUT2D eigenvalue weighted by atomic mass is 10.1. The van der Waals surface area contributed by atoms with Gasteiger partial charge >= 0.3 is 0 Å². The van der Waals surface area contributed by atoms with Crippen molar-refractivity contribution in [2.24, 2.45) is 0 Å². The molecule has 4 nitrogen and oxygen atoms in total. The Morgan fingerprint density at radius 3 is 2.19 bits per heavy atom. The average molecular weight is 424 g/mol. The number of carbonyl (C=O) groups excluding carboxylic acids is 1. The fourth-order valence-electron chi connectivity index (χ4n) is 3.48. The number of nitrogens with zero attached hydrogens (tertiary/aromatic N) is 3. The van der Waals surface area contributed by atoms with Crippen LogP contribution in [-0.4, -0.2) is 10.9 Å². The van der Waals surface area contributed by atoms with Crippen LogP contribution in [0.4, 0.5) is 10.8 Å². The van der Waals surface area contributed by atoms with Gasteiger partial charge in [-0.25, -0.2) is 4.98 Å². The van der Waals surface area contributed by atoms with Crippen molar-refractivity contribution < 1.29 is 4.79 Å². The molecule has 0 unspecified atom stereocenters. The molecular weight excluding hydrogens is 402 g/mol. The van der Waals surface area contributed by atoms with E-state index in [9.17, 15) is 4.79 Å². The van der Waals surface area contributed by atoms with Crippen LogP contribution in [0.5, 0.6) is 0 Å². The van der Waals surface area contributed by atoms with Crippen molar-refractivity contribution >= 4 is 28.1 Å². The molecule has 0 saturated heterocycles. The molecule has 0 N–H and O–H groups in total. The Balaban J connectivity index is 1.82. The van der Waals surface area contributed by atoms with Crippen LogP contribution in [0.1, 0.15) is 32.6 Å². The first kappa shape index (κ1) is 20.5. The topological polar surface area (TPSA) is 57.0 Å². The minimum atomic E-state index is -0.174. The van der Waals surface area contributed by atoms with Crippen LogP contribution < -0.4 is 4.90 Å². The zero-order valence-corrected chi connectivity index (χ0v) is 18.4. The van der Waals surface area contributed by atoms with E-state index in [0.717, 1.165) is 28.1 Å². The fraction of sp³-hybridized carbons (Fsp3) is 0.115. The van der Waals surface area contributed by atoms with Crippen molar-refractivity contribution in [2.45, 2.75) is 20.8 Å². The van der Waals surface area contributed by atoms with Gasteiger partial charge in [-0.3, -0.25) is 9.69 Å². The van der Waals surface area contributed by atoms with Crippen LogP contribution in [0.25, 0.3) is 11.3 Å². The summed E-state index contributed by atoms with van der Waals surface area (Å²) in [6, 6.07) is 23.0. The molecular formula is C26H21N3OS. The summed E-state index contributed by atoms with van der Waals surface area (Å²) < 4.78 is 0. The number of hydrogen-bond donors (Lipinski definition) is 0. The molecule has 0 aliphatic carbocycles. The molecule has 0 bridgehead atoms. The van der Waals surface area contributed by atoms with Crippen LogP contribution in [0, 0.1) is 32.1 Å². The fourth-order valence-corrected chi connectivity index (χ4v) is 4.32. The summed E-state index contributed by atoms with van der Waals surface area (Å²) >= 11 is 1.44. The normalized spacial score (nSPS) is 10.5. The molecule has 4 rings (SSSR count). The minimum Gasteiger partial charge on any atom is -0.268 e. The highest BCUT2D eigenvalue weighted by molar-refractivity contribution is 7.14. The van der Waals surface area contributed by atoms with Crippen LogP contribution in [0.15, 0.2) is 72.1 Å². The van der Waals surface area contributed by atoms with Gasteiger partial charge in [-0.05, 0) is 56.2 Å². The zero-order valence-electron chi connectivity index (χ0n) is 17.6. The molecule has 152 valence electrons. The number of anilines is 2. The summed E-state index contributed by atoms with van der Waals surface area (Å²) in [4.78, 5) is 20.2. The standard InChI is InChI=1S/C26H21N3OS/c1-17-7-11-21(12-8-17)23-16-31-26(28-23)29(24-18(2)5-4-6-19(24)3)25(30)22-13-9-20(15-27)10-14-22/h4-14,16H,1-3H3. The highest BCUT2D eigenvalue weighted by atomic mass is 32.1. The van der Waals surface area contributed by atoms with Crippen LogP contribution in [-0.2, 0) is 0 Å². The quantitative estimate of drug-likeness (QED) is 0.372. The number of aromatic nitrogens is 1. The van der Waals surface area contributed by atoms with E-state index in [0.29, 0.717) is 16.3 Å². The third-order valence-corrected chi connectivity index (χ3v) is 5.98. The lowest BCUT2D eigenvalue weighted by Crippen LogP contribution is -2.27. The molecule has 3 aromatic carbocycles. The second-order valence-corrected chi connectivity index (χ2v) is 8.29. The predicted octanol–water partition coefficient (Wildman–Crippen LogP) is 6.59. The molecule has 1 amide bonds. The van der Waals surface area contributed by atoms with Crippen molar-refractivity contribution in [1.82, 2.24) is 4.98 Å². The number of hydrogen-bond acceptors (Lipinski definition) is 4. The highest BCUT2D eigenvalue weighted by Gasteiger charge is 2.25. The molecule has 0 radical (unpaired) electrons. The molecule has 0 spiro atoms. The van der Waals surface area contributed by atoms with Crippen LogP contribution in [0.2, 0.25) is 0 Å². The Bertz CT molecular complexity index is 1260. The van der Waals surface area contributed by atoms with Gasteiger partial charge in [-0.2, -0.15) is 5.26 Å². The lowest BCUT2D eigenvalue weighted by Gasteiger charge is -2.24. The predicted molar refractivity (Wildman–Crippen MR) is 126 cm³/mol. The monoisotopic (exact) mass is 423 g/mol. The van der Waals surface area contributed by atoms with Gasteiger partial charge in [0.2, 0.25) is 0 Å². The third-order valence-electron chi connectivity index (χ3n) is 5.16. The molecule has 0 aliphatic heterocycles. The van der Waals surface area contributed by atoms with E-state index in [1.165, 1.54) is 16.9 Å². The van der Waals surface area contributed by atoms with E-state index in [2.05, 4.69) is 25.1 Å². The number of aryl methyl sites for hydroxylation is 3. The van der Waals surface area contributed by atoms with Crippen LogP contribution in [0.3, 0.4) is 0 Å². The SMILES string of the molecule is Cc1ccc(-c2csc(N(C(=O)c3ccc(C#N)cc3)c3c(C)cccc3C)n2)cc1. The second-order valence-electron chi connectivity index (χ2n) is 7.45. The lowest BCUT2D eigenvalue weighted by molar-refractivity contribution is 0.0999. The molecule has 5 heteroatoms. The summed E-state index contributed by atoms with van der Waals surface area (Å²) in [6.45, 7) is 6.04. The van der Waals surface area contributed by atoms with Crippen molar-refractivity contribution in [3.63, 3.8) is 0 Å². The minimum absolute atomic E-state index is 0.174. The van der Waals surface area contributed by atoms with E-state index in [1.807, 2.05) is 49.6 Å². The van der Waals surface area contributed by atoms with Crippen molar-refractivity contribution in [3.05, 3.63) is 99.9 Å². The first-order valence-electron chi connectivity index (χ1n) is 9.91. The number of carbonyl (C=O) groups is 1. The van der Waals surface area contributed by atoms with Gasteiger partial charge in [0.1, 0.15) is 0 Å². The maximum Gasteiger partial charge on any atom is 0.264 e. The van der Waals surface area contributed by atoms with Crippen molar-refractivity contribution in [1.29, 1.82) is 5.26 Å². The molecule has 31 heavy (non-hydrogen) atoms. The summed E-state index contributed by atoms with van der Waals surface area (Å²) in [6.07, 6.45) is 0. The average Bonchev–Trinajstić information content (AvgIpc) is 3.26. The van der Waals surface area contributed by atoms with E-state index in [-0.39, 0.29) is 5.91 Å². The van der Waals surface area contributed by atoms with Gasteiger partial charge in [0, 0.05) is 16.5 Å². The van der Waals surface area contributed by atoms with Gasteiger partial charge in [0.25, 0.3) is 5.91 Å². The van der Waals surface area contributed by atoms with E-state index >= 15 is 0 Å². The summed E-state index contributed by atoms with van der Waals surface area (Å²) in [5, 5.41) is 11.7. The van der Waals surface area contributed by atoms with E-state index < -0.39 is 0 Å². The summed E-state index contributed by atoms with van der Waals surface area (Å²) in [5.74, 6) is -0.174. The second kappa shape index (κ2) is 8.55. The molecule has 1 heterocycles. The maximum absolute atomic E-state index is 13.6. The Morgan fingerprint density at radius 2 is 1.58 bits per heavy atom. The van der Waals surface area contributed by atoms with Gasteiger partial charge in [0.05, 0.1) is 23.0 Å². The molecule has 0 atom stereocenters. The van der Waals surface area contributed by atoms with Gasteiger partial charge in [-0.15, -0.1) is 11.3 Å². The summed E-state index contributed by atoms with van der Waals surface area (Å²) in [5.41, 5.74) is 6.89. The Labute approximate surface area is 186 Å². The van der Waals surface area contributed by atoms with E-state index in [1.54, 1.807) is 29.2 Å². The largest absolute Gasteiger partial charge is 0.268 e. The summed E-state index contributed by atoms with van der Waals surface area (Å²) in [7, 11) is 0. The molecule has 4 aromatic rings. The number of amides is 1. The van der Waals surface area contributed by atoms with Gasteiger partial charge in [-0.1, -0.05) is 48.0 Å². The number of thiazole rings is 1. The highest BCUT2D eigenvalue weighted by Crippen LogP contribution is 2.37. The van der Waals surface area contributed by atoms with Crippen molar-refractivity contribution in [3.8, 4) is 17.3 Å². The van der Waals surface area contributed by atoms with E-state index in [4.69, 9.17) is 10.2 Å². The number of rotatable bonds is 4. The Hall–Kier alpha value is -3.75. The molecule has 0 fully saturated rings. The Kier molecular flexibility index (Phi) is 5.66. The first-order chi connectivity index (χ1) is 15.0. The number of para-hydroxylation sites is 1. The van der Waals surface area contributed by atoms with Gasteiger partial charge < -0.3 is 0 Å². The number of nitriles is 1. The smallest absolute Gasteiger partial charge is 0.264 e. The third kappa shape index (κ3) is 4.11. The maximum atomic E-state index is 13.6. The van der Waals surface area contributed by atoms with Crippen LogP contribution >= 0.6 is 11.3 Å². The Morgan fingerprint density at radius 1 is 0.935 bits per heavy atom. The first-order valence-corrected chi connectivity index (χ1v) is 10.8. The molecule has 0 saturated carbocycles. The molecule has 0 aliphatic rings. The zero-order chi connectivity index (χ0) is 22.0. The number of benzene rings is 3. The van der Waals surface area contributed by atoms with Gasteiger partial charge in [0.15, 0.2) is 5.13 Å².